The molecule has 1 heterocycles. The van der Waals surface area contributed by atoms with Gasteiger partial charge in [0.2, 0.25) is 0 Å². The van der Waals surface area contributed by atoms with E-state index in [1.54, 1.807) is 17.8 Å². The molecule has 5 heteroatoms. The van der Waals surface area contributed by atoms with Gasteiger partial charge in [-0.3, -0.25) is 4.99 Å². The summed E-state index contributed by atoms with van der Waals surface area (Å²) in [5, 5.41) is 8.81. The van der Waals surface area contributed by atoms with Crippen molar-refractivity contribution in [3.63, 3.8) is 0 Å². The van der Waals surface area contributed by atoms with Crippen molar-refractivity contribution in [1.82, 2.24) is 0 Å². The van der Waals surface area contributed by atoms with Crippen LogP contribution in [0.15, 0.2) is 65.7 Å². The van der Waals surface area contributed by atoms with Crippen LogP contribution in [0.3, 0.4) is 0 Å². The van der Waals surface area contributed by atoms with E-state index in [-0.39, 0.29) is 12.7 Å². The monoisotopic (exact) mass is 369 g/mol. The van der Waals surface area contributed by atoms with Crippen molar-refractivity contribution in [2.24, 2.45) is 4.99 Å². The van der Waals surface area contributed by atoms with Crippen molar-refractivity contribution >= 4 is 23.7 Å². The Balaban J connectivity index is 1.36. The predicted molar refractivity (Wildman–Crippen MR) is 108 cm³/mol. The van der Waals surface area contributed by atoms with E-state index in [0.717, 1.165) is 34.3 Å². The lowest BCUT2D eigenvalue weighted by atomic mass is 10.1. The molecule has 0 fully saturated rings. The summed E-state index contributed by atoms with van der Waals surface area (Å²) >= 11 is 1.76. The van der Waals surface area contributed by atoms with E-state index in [2.05, 4.69) is 17.1 Å². The van der Waals surface area contributed by atoms with Crippen LogP contribution in [-0.2, 0) is 4.74 Å². The lowest BCUT2D eigenvalue weighted by molar-refractivity contribution is 0.228. The summed E-state index contributed by atoms with van der Waals surface area (Å²) in [4.78, 5) is 4.51. The lowest BCUT2D eigenvalue weighted by Gasteiger charge is -2.12. The fourth-order valence-electron chi connectivity index (χ4n) is 2.58. The number of nitrogens with zero attached hydrogens (tertiary/aromatic N) is 1. The molecule has 0 radical (unpaired) electrons. The molecule has 2 aromatic carbocycles. The molecule has 0 aliphatic carbocycles. The minimum absolute atomic E-state index is 0.00189. The van der Waals surface area contributed by atoms with Crippen LogP contribution in [0.1, 0.15) is 17.2 Å². The highest BCUT2D eigenvalue weighted by Gasteiger charge is 2.21. The topological polar surface area (TPSA) is 51.1 Å². The van der Waals surface area contributed by atoms with Gasteiger partial charge in [-0.25, -0.2) is 0 Å². The molecule has 0 saturated carbocycles. The number of aliphatic hydroxyl groups excluding tert-OH is 1. The molecule has 26 heavy (non-hydrogen) atoms. The van der Waals surface area contributed by atoms with Crippen molar-refractivity contribution in [3.05, 3.63) is 71.8 Å². The molecule has 1 atom stereocenters. The van der Waals surface area contributed by atoms with Gasteiger partial charge in [0.1, 0.15) is 11.9 Å². The standard InChI is InChI=1S/C21H23NO3S/c23-12-4-5-17-8-10-18(11-9-17)20-15-22-21(25-20)16-26-14-13-24-19-6-2-1-3-7-19/h1-11,20,23H,12-16H2/b5-4+. The highest BCUT2D eigenvalue weighted by atomic mass is 32.2. The van der Waals surface area contributed by atoms with Gasteiger partial charge in [0, 0.05) is 5.75 Å². The average Bonchev–Trinajstić information content (AvgIpc) is 3.16. The van der Waals surface area contributed by atoms with Crippen molar-refractivity contribution in [2.75, 3.05) is 31.3 Å². The van der Waals surface area contributed by atoms with Gasteiger partial charge >= 0.3 is 0 Å². The van der Waals surface area contributed by atoms with E-state index in [0.29, 0.717) is 13.2 Å². The Labute approximate surface area is 158 Å². The van der Waals surface area contributed by atoms with Crippen molar-refractivity contribution in [3.8, 4) is 5.75 Å². The Morgan fingerprint density at radius 2 is 1.96 bits per heavy atom. The predicted octanol–water partition coefficient (Wildman–Crippen LogP) is 3.97. The molecular weight excluding hydrogens is 346 g/mol. The molecule has 3 rings (SSSR count). The van der Waals surface area contributed by atoms with Crippen LogP contribution in [0.4, 0.5) is 0 Å². The van der Waals surface area contributed by atoms with E-state index in [4.69, 9.17) is 14.6 Å². The van der Waals surface area contributed by atoms with Gasteiger partial charge < -0.3 is 14.6 Å². The molecular formula is C21H23NO3S. The lowest BCUT2D eigenvalue weighted by Crippen LogP contribution is -2.08. The van der Waals surface area contributed by atoms with Crippen LogP contribution in [0.25, 0.3) is 6.08 Å². The van der Waals surface area contributed by atoms with E-state index in [9.17, 15) is 0 Å². The molecule has 0 spiro atoms. The first-order valence-electron chi connectivity index (χ1n) is 8.68. The summed E-state index contributed by atoms with van der Waals surface area (Å²) in [6.45, 7) is 1.40. The Kier molecular flexibility index (Phi) is 7.16. The minimum atomic E-state index is 0.00189. The van der Waals surface area contributed by atoms with E-state index in [1.165, 1.54) is 0 Å². The second-order valence-corrected chi connectivity index (χ2v) is 6.91. The first kappa shape index (κ1) is 18.5. The molecule has 1 N–H and O–H groups in total. The molecule has 0 amide bonds. The van der Waals surface area contributed by atoms with Gasteiger partial charge in [-0.05, 0) is 23.3 Å². The smallest absolute Gasteiger partial charge is 0.194 e. The van der Waals surface area contributed by atoms with Crippen molar-refractivity contribution in [1.29, 1.82) is 0 Å². The Morgan fingerprint density at radius 3 is 2.73 bits per heavy atom. The minimum Gasteiger partial charge on any atom is -0.493 e. The number of para-hydroxylation sites is 1. The van der Waals surface area contributed by atoms with Crippen LogP contribution in [0, 0.1) is 0 Å². The summed E-state index contributed by atoms with van der Waals surface area (Å²) in [5.74, 6) is 3.38. The third-order valence-electron chi connectivity index (χ3n) is 3.90. The number of ether oxygens (including phenoxy) is 2. The maximum atomic E-state index is 8.81. The summed E-state index contributed by atoms with van der Waals surface area (Å²) < 4.78 is 11.6. The fourth-order valence-corrected chi connectivity index (χ4v) is 3.26. The summed E-state index contributed by atoms with van der Waals surface area (Å²) in [6.07, 6.45) is 3.62. The third-order valence-corrected chi connectivity index (χ3v) is 4.81. The molecule has 0 bridgehead atoms. The van der Waals surface area contributed by atoms with Gasteiger partial charge in [0.05, 0.1) is 25.5 Å². The van der Waals surface area contributed by atoms with Gasteiger partial charge in [-0.2, -0.15) is 0 Å². The zero-order valence-electron chi connectivity index (χ0n) is 14.6. The van der Waals surface area contributed by atoms with Crippen LogP contribution in [-0.4, -0.2) is 42.3 Å². The number of aliphatic imine (C=N–C) groups is 1. The van der Waals surface area contributed by atoms with Crippen molar-refractivity contribution < 1.29 is 14.6 Å². The first-order valence-corrected chi connectivity index (χ1v) is 9.83. The van der Waals surface area contributed by atoms with Crippen LogP contribution in [0.2, 0.25) is 0 Å². The molecule has 1 unspecified atom stereocenters. The van der Waals surface area contributed by atoms with E-state index >= 15 is 0 Å². The zero-order valence-corrected chi connectivity index (χ0v) is 15.4. The highest BCUT2D eigenvalue weighted by molar-refractivity contribution is 7.99. The Morgan fingerprint density at radius 1 is 1.15 bits per heavy atom. The average molecular weight is 369 g/mol. The second kappa shape index (κ2) is 10.0. The maximum absolute atomic E-state index is 8.81. The number of aliphatic hydroxyl groups is 1. The maximum Gasteiger partial charge on any atom is 0.194 e. The van der Waals surface area contributed by atoms with Crippen LogP contribution in [0.5, 0.6) is 5.75 Å². The molecule has 136 valence electrons. The number of thioether (sulfide) groups is 1. The van der Waals surface area contributed by atoms with Gasteiger partial charge in [0.25, 0.3) is 0 Å². The van der Waals surface area contributed by atoms with Gasteiger partial charge in [-0.15, -0.1) is 11.8 Å². The third kappa shape index (κ3) is 5.64. The molecule has 4 nitrogen and oxygen atoms in total. The number of hydrogen-bond donors (Lipinski definition) is 1. The van der Waals surface area contributed by atoms with Crippen molar-refractivity contribution in [2.45, 2.75) is 6.10 Å². The second-order valence-electron chi connectivity index (χ2n) is 5.81. The molecule has 2 aromatic rings. The summed E-state index contributed by atoms with van der Waals surface area (Å²) in [6, 6.07) is 18.0. The van der Waals surface area contributed by atoms with Gasteiger partial charge in [-0.1, -0.05) is 54.6 Å². The normalized spacial score (nSPS) is 16.5. The first-order chi connectivity index (χ1) is 12.8. The molecule has 1 aliphatic rings. The quantitative estimate of drug-likeness (QED) is 0.680. The van der Waals surface area contributed by atoms with Gasteiger partial charge in [0.15, 0.2) is 5.90 Å². The largest absolute Gasteiger partial charge is 0.493 e. The zero-order chi connectivity index (χ0) is 18.0. The Hall–Kier alpha value is -2.24. The fraction of sp³-hybridized carbons (Fsp3) is 0.286. The van der Waals surface area contributed by atoms with Crippen LogP contribution < -0.4 is 4.74 Å². The molecule has 0 saturated heterocycles. The Bertz CT molecular complexity index is 729. The summed E-state index contributed by atoms with van der Waals surface area (Å²) in [5.41, 5.74) is 2.19. The number of rotatable bonds is 9. The SMILES string of the molecule is OC/C=C/c1ccc(C2CN=C(CSCCOc3ccccc3)O2)cc1. The van der Waals surface area contributed by atoms with E-state index in [1.807, 2.05) is 48.5 Å². The highest BCUT2D eigenvalue weighted by Crippen LogP contribution is 2.24. The molecule has 0 aromatic heterocycles. The number of benzene rings is 2. The van der Waals surface area contributed by atoms with Crippen LogP contribution >= 0.6 is 11.8 Å². The number of hydrogen-bond acceptors (Lipinski definition) is 5. The molecule has 1 aliphatic heterocycles. The summed E-state index contributed by atoms with van der Waals surface area (Å²) in [7, 11) is 0. The van der Waals surface area contributed by atoms with E-state index < -0.39 is 0 Å².